The maximum atomic E-state index is 9.46. The highest BCUT2D eigenvalue weighted by atomic mass is 16.3. The molecule has 0 radical (unpaired) electrons. The molecule has 0 bridgehead atoms. The topological polar surface area (TPSA) is 69.8 Å². The SMILES string of the molecule is CCc1nnc2ccc(N3CCN(C[C@@H](C)O)CC3)nn12. The molecule has 0 amide bonds. The summed E-state index contributed by atoms with van der Waals surface area (Å²) >= 11 is 0. The molecule has 0 saturated carbocycles. The molecular formula is C14H22N6O. The van der Waals surface area contributed by atoms with Gasteiger partial charge < -0.3 is 10.0 Å². The second-order valence-corrected chi connectivity index (χ2v) is 5.57. The van der Waals surface area contributed by atoms with Gasteiger partial charge in [0.25, 0.3) is 0 Å². The van der Waals surface area contributed by atoms with Gasteiger partial charge in [0.15, 0.2) is 11.5 Å². The molecule has 1 atom stereocenters. The molecule has 0 unspecified atom stereocenters. The fourth-order valence-corrected chi connectivity index (χ4v) is 2.75. The van der Waals surface area contributed by atoms with Gasteiger partial charge in [-0.15, -0.1) is 15.3 Å². The number of β-amino-alcohol motifs (C(OH)–C–C–N with tert-alkyl or cyclic N) is 1. The van der Waals surface area contributed by atoms with Crippen molar-refractivity contribution in [1.82, 2.24) is 24.7 Å². The lowest BCUT2D eigenvalue weighted by Gasteiger charge is -2.35. The third kappa shape index (κ3) is 2.98. The molecule has 2 aromatic rings. The lowest BCUT2D eigenvalue weighted by Crippen LogP contribution is -2.48. The number of aliphatic hydroxyl groups excluding tert-OH is 1. The summed E-state index contributed by atoms with van der Waals surface area (Å²) in [5, 5.41) is 22.4. The van der Waals surface area contributed by atoms with Gasteiger partial charge in [-0.3, -0.25) is 4.90 Å². The van der Waals surface area contributed by atoms with E-state index in [-0.39, 0.29) is 6.10 Å². The predicted molar refractivity (Wildman–Crippen MR) is 80.5 cm³/mol. The van der Waals surface area contributed by atoms with E-state index in [1.54, 1.807) is 0 Å². The van der Waals surface area contributed by atoms with Crippen molar-refractivity contribution in [3.05, 3.63) is 18.0 Å². The molecule has 0 spiro atoms. The van der Waals surface area contributed by atoms with Crippen LogP contribution in [0.1, 0.15) is 19.7 Å². The number of rotatable bonds is 4. The van der Waals surface area contributed by atoms with Crippen molar-refractivity contribution >= 4 is 11.5 Å². The molecule has 1 aliphatic heterocycles. The third-order valence-electron chi connectivity index (χ3n) is 3.85. The van der Waals surface area contributed by atoms with Gasteiger partial charge in [0.1, 0.15) is 5.82 Å². The molecule has 7 heteroatoms. The summed E-state index contributed by atoms with van der Waals surface area (Å²) in [5.41, 5.74) is 0.795. The van der Waals surface area contributed by atoms with Crippen LogP contribution in [0, 0.1) is 0 Å². The van der Waals surface area contributed by atoms with Crippen LogP contribution in [-0.2, 0) is 6.42 Å². The van der Waals surface area contributed by atoms with Crippen molar-refractivity contribution in [1.29, 1.82) is 0 Å². The number of fused-ring (bicyclic) bond motifs is 1. The molecule has 1 fully saturated rings. The van der Waals surface area contributed by atoms with Crippen LogP contribution in [0.3, 0.4) is 0 Å². The Bertz CT molecular complexity index is 603. The first-order valence-electron chi connectivity index (χ1n) is 7.54. The van der Waals surface area contributed by atoms with Gasteiger partial charge in [-0.2, -0.15) is 4.52 Å². The van der Waals surface area contributed by atoms with Crippen LogP contribution < -0.4 is 4.90 Å². The third-order valence-corrected chi connectivity index (χ3v) is 3.85. The van der Waals surface area contributed by atoms with E-state index in [9.17, 15) is 5.11 Å². The Kier molecular flexibility index (Phi) is 4.03. The van der Waals surface area contributed by atoms with E-state index < -0.39 is 0 Å². The maximum absolute atomic E-state index is 9.46. The molecule has 7 nitrogen and oxygen atoms in total. The van der Waals surface area contributed by atoms with E-state index in [0.29, 0.717) is 0 Å². The number of hydrogen-bond acceptors (Lipinski definition) is 6. The summed E-state index contributed by atoms with van der Waals surface area (Å²) in [4.78, 5) is 4.56. The van der Waals surface area contributed by atoms with Crippen LogP contribution in [0.2, 0.25) is 0 Å². The Hall–Kier alpha value is -1.73. The highest BCUT2D eigenvalue weighted by Gasteiger charge is 2.19. The van der Waals surface area contributed by atoms with Crippen LogP contribution in [0.15, 0.2) is 12.1 Å². The first kappa shape index (κ1) is 14.2. The lowest BCUT2D eigenvalue weighted by atomic mass is 10.2. The van der Waals surface area contributed by atoms with Crippen molar-refractivity contribution in [2.75, 3.05) is 37.6 Å². The summed E-state index contributed by atoms with van der Waals surface area (Å²) in [6.07, 6.45) is 0.551. The number of aromatic nitrogens is 4. The van der Waals surface area contributed by atoms with E-state index in [2.05, 4.69) is 32.0 Å². The number of hydrogen-bond donors (Lipinski definition) is 1. The molecule has 1 aliphatic rings. The number of aliphatic hydroxyl groups is 1. The van der Waals surface area contributed by atoms with Gasteiger partial charge in [0.05, 0.1) is 6.10 Å². The second-order valence-electron chi connectivity index (χ2n) is 5.57. The minimum absolute atomic E-state index is 0.268. The maximum Gasteiger partial charge on any atom is 0.178 e. The highest BCUT2D eigenvalue weighted by Crippen LogP contribution is 2.15. The molecule has 114 valence electrons. The normalized spacial score (nSPS) is 18.3. The quantitative estimate of drug-likeness (QED) is 0.867. The first-order valence-corrected chi connectivity index (χ1v) is 7.54. The standard InChI is InChI=1S/C14H22N6O/c1-3-12-15-16-13-4-5-14(17-20(12)13)19-8-6-18(7-9-19)10-11(2)21/h4-5,11,21H,3,6-10H2,1-2H3/t11-/m1/s1. The van der Waals surface area contributed by atoms with E-state index in [1.165, 1.54) is 0 Å². The number of anilines is 1. The summed E-state index contributed by atoms with van der Waals surface area (Å²) in [7, 11) is 0. The van der Waals surface area contributed by atoms with Crippen molar-refractivity contribution < 1.29 is 5.11 Å². The second kappa shape index (κ2) is 5.95. The van der Waals surface area contributed by atoms with Crippen LogP contribution in [0.5, 0.6) is 0 Å². The molecule has 0 aromatic carbocycles. The van der Waals surface area contributed by atoms with Gasteiger partial charge in [-0.1, -0.05) is 6.92 Å². The Balaban J connectivity index is 1.73. The molecule has 21 heavy (non-hydrogen) atoms. The van der Waals surface area contributed by atoms with Crippen LogP contribution in [0.4, 0.5) is 5.82 Å². The molecule has 0 aliphatic carbocycles. The van der Waals surface area contributed by atoms with Crippen molar-refractivity contribution in [3.8, 4) is 0 Å². The van der Waals surface area contributed by atoms with Crippen LogP contribution >= 0.6 is 0 Å². The van der Waals surface area contributed by atoms with Crippen LogP contribution in [0.25, 0.3) is 5.65 Å². The Labute approximate surface area is 124 Å². The van der Waals surface area contributed by atoms with Gasteiger partial charge in [0, 0.05) is 39.1 Å². The largest absolute Gasteiger partial charge is 0.392 e. The monoisotopic (exact) mass is 290 g/mol. The molecule has 1 saturated heterocycles. The lowest BCUT2D eigenvalue weighted by molar-refractivity contribution is 0.122. The van der Waals surface area contributed by atoms with Gasteiger partial charge in [-0.25, -0.2) is 0 Å². The highest BCUT2D eigenvalue weighted by molar-refractivity contribution is 5.46. The summed E-state index contributed by atoms with van der Waals surface area (Å²) < 4.78 is 1.83. The van der Waals surface area contributed by atoms with Crippen molar-refractivity contribution in [3.63, 3.8) is 0 Å². The Morgan fingerprint density at radius 1 is 1.19 bits per heavy atom. The molecule has 3 heterocycles. The average molecular weight is 290 g/mol. The van der Waals surface area contributed by atoms with Gasteiger partial charge in [-0.05, 0) is 19.1 Å². The number of nitrogens with zero attached hydrogens (tertiary/aromatic N) is 6. The molecule has 2 aromatic heterocycles. The van der Waals surface area contributed by atoms with E-state index in [4.69, 9.17) is 0 Å². The molecular weight excluding hydrogens is 268 g/mol. The average Bonchev–Trinajstić information content (AvgIpc) is 2.89. The number of aryl methyl sites for hydroxylation is 1. The fourth-order valence-electron chi connectivity index (χ4n) is 2.75. The molecule has 3 rings (SSSR count). The van der Waals surface area contributed by atoms with Gasteiger partial charge in [0.2, 0.25) is 0 Å². The summed E-state index contributed by atoms with van der Waals surface area (Å²) in [6.45, 7) is 8.38. The zero-order chi connectivity index (χ0) is 14.8. The van der Waals surface area contributed by atoms with E-state index in [0.717, 1.165) is 56.4 Å². The van der Waals surface area contributed by atoms with Crippen molar-refractivity contribution in [2.24, 2.45) is 0 Å². The van der Waals surface area contributed by atoms with E-state index >= 15 is 0 Å². The Morgan fingerprint density at radius 2 is 1.95 bits per heavy atom. The number of piperazine rings is 1. The fraction of sp³-hybridized carbons (Fsp3) is 0.643. The zero-order valence-corrected chi connectivity index (χ0v) is 12.6. The Morgan fingerprint density at radius 3 is 2.62 bits per heavy atom. The minimum Gasteiger partial charge on any atom is -0.392 e. The zero-order valence-electron chi connectivity index (χ0n) is 12.6. The minimum atomic E-state index is -0.268. The van der Waals surface area contributed by atoms with Crippen LogP contribution in [-0.4, -0.2) is 68.6 Å². The predicted octanol–water partition coefficient (Wildman–Crippen LogP) is 0.189. The first-order chi connectivity index (χ1) is 10.2. The van der Waals surface area contributed by atoms with Gasteiger partial charge >= 0.3 is 0 Å². The summed E-state index contributed by atoms with van der Waals surface area (Å²) in [6, 6.07) is 3.98. The summed E-state index contributed by atoms with van der Waals surface area (Å²) in [5.74, 6) is 1.85. The van der Waals surface area contributed by atoms with Crippen molar-refractivity contribution in [2.45, 2.75) is 26.4 Å². The molecule has 1 N–H and O–H groups in total. The smallest absolute Gasteiger partial charge is 0.178 e. The van der Waals surface area contributed by atoms with E-state index in [1.807, 2.05) is 23.6 Å².